The van der Waals surface area contributed by atoms with Crippen molar-refractivity contribution in [2.75, 3.05) is 47.4 Å². The van der Waals surface area contributed by atoms with E-state index < -0.39 is 0 Å². The summed E-state index contributed by atoms with van der Waals surface area (Å²) < 4.78 is 5.53. The molecule has 7 nitrogen and oxygen atoms in total. The van der Waals surface area contributed by atoms with E-state index >= 15 is 0 Å². The highest BCUT2D eigenvalue weighted by atomic mass is 16.5. The lowest BCUT2D eigenvalue weighted by atomic mass is 10.1. The van der Waals surface area contributed by atoms with E-state index in [0.717, 1.165) is 6.42 Å². The fourth-order valence-electron chi connectivity index (χ4n) is 2.14. The molecule has 0 fully saturated rings. The summed E-state index contributed by atoms with van der Waals surface area (Å²) in [6.07, 6.45) is 1.21. The third kappa shape index (κ3) is 10.4. The van der Waals surface area contributed by atoms with Crippen LogP contribution in [0.5, 0.6) is 0 Å². The van der Waals surface area contributed by atoms with Crippen molar-refractivity contribution in [1.29, 1.82) is 0 Å². The van der Waals surface area contributed by atoms with E-state index in [1.807, 2.05) is 34.7 Å². The topological polar surface area (TPSA) is 70.2 Å². The maximum atomic E-state index is 12.0. The summed E-state index contributed by atoms with van der Waals surface area (Å²) in [7, 11) is 5.18. The zero-order chi connectivity index (χ0) is 20.3. The van der Waals surface area contributed by atoms with Crippen LogP contribution < -0.4 is 0 Å². The van der Waals surface area contributed by atoms with Gasteiger partial charge < -0.3 is 19.4 Å². The fourth-order valence-corrected chi connectivity index (χ4v) is 2.14. The van der Waals surface area contributed by atoms with E-state index in [9.17, 15) is 14.4 Å². The molecular weight excluding hydrogens is 334 g/mol. The van der Waals surface area contributed by atoms with Gasteiger partial charge in [0.15, 0.2) is 0 Å². The van der Waals surface area contributed by atoms with Gasteiger partial charge >= 0.3 is 0 Å². The number of carbonyl (C=O) groups is 3. The molecule has 0 rings (SSSR count). The Balaban J connectivity index is 3.88. The molecule has 0 radical (unpaired) electrons. The van der Waals surface area contributed by atoms with Crippen molar-refractivity contribution in [3.8, 4) is 0 Å². The lowest BCUT2D eigenvalue weighted by Gasteiger charge is -2.23. The molecule has 0 aliphatic rings. The molecule has 0 aromatic carbocycles. The Bertz CT molecular complexity index is 452. The fraction of sp³-hybridized carbons (Fsp3) is 0.842. The standard InChI is InChI=1S/C19H37N3O4/c1-15(2)13-17(23)20(5)9-8-11-26-12-10-21(6)18(24)14-19(25)22(7)16(3)4/h15-16H,8-14H2,1-7H3. The van der Waals surface area contributed by atoms with Gasteiger partial charge in [-0.25, -0.2) is 0 Å². The average Bonchev–Trinajstić information content (AvgIpc) is 2.55. The normalized spacial score (nSPS) is 11.0. The number of rotatable bonds is 12. The summed E-state index contributed by atoms with van der Waals surface area (Å²) in [5, 5.41) is 0. The number of amides is 3. The predicted octanol–water partition coefficient (Wildman–Crippen LogP) is 1.61. The van der Waals surface area contributed by atoms with Gasteiger partial charge in [-0.05, 0) is 26.2 Å². The molecular formula is C19H37N3O4. The Labute approximate surface area is 158 Å². The second-order valence-electron chi connectivity index (χ2n) is 7.47. The van der Waals surface area contributed by atoms with Gasteiger partial charge in [-0.3, -0.25) is 14.4 Å². The molecule has 7 heteroatoms. The summed E-state index contributed by atoms with van der Waals surface area (Å²) in [6, 6.07) is 0.0782. The Hall–Kier alpha value is -1.63. The van der Waals surface area contributed by atoms with Gasteiger partial charge in [-0.15, -0.1) is 0 Å². The molecule has 0 saturated heterocycles. The SMILES string of the molecule is CC(C)CC(=O)N(C)CCCOCCN(C)C(=O)CC(=O)N(C)C(C)C. The zero-order valence-corrected chi connectivity index (χ0v) is 17.6. The first kappa shape index (κ1) is 24.4. The lowest BCUT2D eigenvalue weighted by molar-refractivity contribution is -0.140. The summed E-state index contributed by atoms with van der Waals surface area (Å²) >= 11 is 0. The molecule has 0 saturated carbocycles. The van der Waals surface area contributed by atoms with Crippen molar-refractivity contribution in [1.82, 2.24) is 14.7 Å². The van der Waals surface area contributed by atoms with Crippen LogP contribution in [0, 0.1) is 5.92 Å². The first-order valence-corrected chi connectivity index (χ1v) is 9.37. The number of nitrogens with zero attached hydrogens (tertiary/aromatic N) is 3. The van der Waals surface area contributed by atoms with Crippen molar-refractivity contribution in [2.45, 2.75) is 53.0 Å². The van der Waals surface area contributed by atoms with E-state index in [-0.39, 0.29) is 30.2 Å². The molecule has 0 aromatic rings. The summed E-state index contributed by atoms with van der Waals surface area (Å²) in [5.74, 6) is 0.139. The average molecular weight is 372 g/mol. The van der Waals surface area contributed by atoms with Crippen LogP contribution in [-0.4, -0.2) is 85.9 Å². The van der Waals surface area contributed by atoms with E-state index in [1.165, 1.54) is 4.90 Å². The minimum Gasteiger partial charge on any atom is -0.380 e. The van der Waals surface area contributed by atoms with Crippen LogP contribution >= 0.6 is 0 Å². The molecule has 3 amide bonds. The van der Waals surface area contributed by atoms with Crippen molar-refractivity contribution < 1.29 is 19.1 Å². The first-order valence-electron chi connectivity index (χ1n) is 9.37. The molecule has 0 aliphatic carbocycles. The monoisotopic (exact) mass is 371 g/mol. The number of hydrogen-bond donors (Lipinski definition) is 0. The Morgan fingerprint density at radius 1 is 0.808 bits per heavy atom. The summed E-state index contributed by atoms with van der Waals surface area (Å²) in [5.41, 5.74) is 0. The Kier molecular flexibility index (Phi) is 11.9. The van der Waals surface area contributed by atoms with E-state index in [1.54, 1.807) is 23.9 Å². The van der Waals surface area contributed by atoms with Crippen LogP contribution in [0.4, 0.5) is 0 Å². The Morgan fingerprint density at radius 2 is 1.38 bits per heavy atom. The third-order valence-corrected chi connectivity index (χ3v) is 4.26. The highest BCUT2D eigenvalue weighted by Gasteiger charge is 2.18. The largest absolute Gasteiger partial charge is 0.380 e. The molecule has 0 aromatic heterocycles. The van der Waals surface area contributed by atoms with Crippen LogP contribution in [0.3, 0.4) is 0 Å². The molecule has 0 atom stereocenters. The van der Waals surface area contributed by atoms with Crippen LogP contribution in [-0.2, 0) is 19.1 Å². The molecule has 0 aliphatic heterocycles. The van der Waals surface area contributed by atoms with Crippen LogP contribution in [0.1, 0.15) is 47.0 Å². The molecule has 0 bridgehead atoms. The quantitative estimate of drug-likeness (QED) is 0.386. The zero-order valence-electron chi connectivity index (χ0n) is 17.6. The van der Waals surface area contributed by atoms with Crippen molar-refractivity contribution in [2.24, 2.45) is 5.92 Å². The molecule has 0 N–H and O–H groups in total. The van der Waals surface area contributed by atoms with Gasteiger partial charge in [0, 0.05) is 53.3 Å². The van der Waals surface area contributed by atoms with Gasteiger partial charge in [-0.1, -0.05) is 13.8 Å². The van der Waals surface area contributed by atoms with Gasteiger partial charge in [0.2, 0.25) is 17.7 Å². The molecule has 0 heterocycles. The molecule has 0 spiro atoms. The maximum absolute atomic E-state index is 12.0. The predicted molar refractivity (Wildman–Crippen MR) is 103 cm³/mol. The lowest BCUT2D eigenvalue weighted by Crippen LogP contribution is -2.38. The van der Waals surface area contributed by atoms with Gasteiger partial charge in [-0.2, -0.15) is 0 Å². The number of carbonyl (C=O) groups excluding carboxylic acids is 3. The maximum Gasteiger partial charge on any atom is 0.231 e. The van der Waals surface area contributed by atoms with E-state index in [4.69, 9.17) is 4.74 Å². The van der Waals surface area contributed by atoms with Crippen LogP contribution in [0.2, 0.25) is 0 Å². The summed E-state index contributed by atoms with van der Waals surface area (Å²) in [6.45, 7) is 9.94. The van der Waals surface area contributed by atoms with Gasteiger partial charge in [0.25, 0.3) is 0 Å². The van der Waals surface area contributed by atoms with Crippen molar-refractivity contribution in [3.05, 3.63) is 0 Å². The Morgan fingerprint density at radius 3 is 1.92 bits per heavy atom. The van der Waals surface area contributed by atoms with Crippen LogP contribution in [0.15, 0.2) is 0 Å². The molecule has 152 valence electrons. The number of hydrogen-bond acceptors (Lipinski definition) is 4. The third-order valence-electron chi connectivity index (χ3n) is 4.26. The molecule has 26 heavy (non-hydrogen) atoms. The van der Waals surface area contributed by atoms with Crippen LogP contribution in [0.25, 0.3) is 0 Å². The van der Waals surface area contributed by atoms with Gasteiger partial charge in [0.1, 0.15) is 6.42 Å². The second kappa shape index (κ2) is 12.7. The van der Waals surface area contributed by atoms with Crippen molar-refractivity contribution in [3.63, 3.8) is 0 Å². The number of likely N-dealkylation sites (N-methyl/N-ethyl adjacent to an activating group) is 1. The highest BCUT2D eigenvalue weighted by Crippen LogP contribution is 2.03. The summed E-state index contributed by atoms with van der Waals surface area (Å²) in [4.78, 5) is 40.6. The minimum atomic E-state index is -0.204. The van der Waals surface area contributed by atoms with E-state index in [2.05, 4.69) is 0 Å². The highest BCUT2D eigenvalue weighted by molar-refractivity contribution is 5.96. The molecule has 0 unspecified atom stereocenters. The smallest absolute Gasteiger partial charge is 0.231 e. The first-order chi connectivity index (χ1) is 12.1. The van der Waals surface area contributed by atoms with E-state index in [0.29, 0.717) is 38.6 Å². The second-order valence-corrected chi connectivity index (χ2v) is 7.47. The minimum absolute atomic E-state index is 0.0782. The van der Waals surface area contributed by atoms with Crippen molar-refractivity contribution >= 4 is 17.7 Å². The van der Waals surface area contributed by atoms with Gasteiger partial charge in [0.05, 0.1) is 6.61 Å². The number of ether oxygens (including phenoxy) is 1.